The molecule has 88 valence electrons. The maximum atomic E-state index is 9.42. The average molecular weight is 228 g/mol. The monoisotopic (exact) mass is 228 g/mol. The summed E-state index contributed by atoms with van der Waals surface area (Å²) < 4.78 is 5.62. The second-order valence-corrected chi connectivity index (χ2v) is 4.25. The van der Waals surface area contributed by atoms with Crippen molar-refractivity contribution in [2.24, 2.45) is 0 Å². The van der Waals surface area contributed by atoms with Gasteiger partial charge in [-0.2, -0.15) is 0 Å². The molecule has 0 amide bonds. The van der Waals surface area contributed by atoms with E-state index in [9.17, 15) is 5.11 Å². The molecular formula is C15H16O2. The molecule has 0 saturated carbocycles. The van der Waals surface area contributed by atoms with Gasteiger partial charge in [-0.3, -0.25) is 0 Å². The predicted molar refractivity (Wildman–Crippen MR) is 70.5 cm³/mol. The highest BCUT2D eigenvalue weighted by Crippen LogP contribution is 2.24. The van der Waals surface area contributed by atoms with Gasteiger partial charge < -0.3 is 9.84 Å². The minimum atomic E-state index is 0.275. The Kier molecular flexibility index (Phi) is 3.33. The molecule has 0 unspecified atom stereocenters. The third kappa shape index (κ3) is 3.00. The Morgan fingerprint density at radius 1 is 1.18 bits per heavy atom. The zero-order chi connectivity index (χ0) is 12.3. The van der Waals surface area contributed by atoms with E-state index in [1.807, 2.05) is 31.2 Å². The summed E-state index contributed by atoms with van der Waals surface area (Å²) >= 11 is 0. The van der Waals surface area contributed by atoms with Crippen molar-refractivity contribution in [3.63, 3.8) is 0 Å². The lowest BCUT2D eigenvalue weighted by Crippen LogP contribution is -1.97. The van der Waals surface area contributed by atoms with Crippen molar-refractivity contribution in [2.45, 2.75) is 13.3 Å². The molecule has 0 aromatic heterocycles. The van der Waals surface area contributed by atoms with Crippen molar-refractivity contribution < 1.29 is 9.84 Å². The highest BCUT2D eigenvalue weighted by Gasteiger charge is 1.99. The normalized spacial score (nSPS) is 10.4. The van der Waals surface area contributed by atoms with Gasteiger partial charge in [0.1, 0.15) is 11.5 Å². The highest BCUT2D eigenvalue weighted by molar-refractivity contribution is 5.85. The minimum absolute atomic E-state index is 0.275. The number of rotatable bonds is 4. The number of fused-ring (bicyclic) bond motifs is 1. The molecule has 1 N–H and O–H groups in total. The summed E-state index contributed by atoms with van der Waals surface area (Å²) in [6, 6.07) is 11.2. The second kappa shape index (κ2) is 4.91. The lowest BCUT2D eigenvalue weighted by Gasteiger charge is -2.07. The van der Waals surface area contributed by atoms with E-state index in [2.05, 4.69) is 6.58 Å². The molecule has 2 heteroatoms. The fourth-order valence-electron chi connectivity index (χ4n) is 1.65. The van der Waals surface area contributed by atoms with Crippen LogP contribution in [0.25, 0.3) is 10.8 Å². The van der Waals surface area contributed by atoms with Crippen molar-refractivity contribution in [1.82, 2.24) is 0 Å². The molecule has 0 bridgehead atoms. The molecule has 2 nitrogen and oxygen atoms in total. The van der Waals surface area contributed by atoms with Crippen LogP contribution in [0.1, 0.15) is 13.3 Å². The van der Waals surface area contributed by atoms with Crippen LogP contribution in [0.5, 0.6) is 11.5 Å². The first-order chi connectivity index (χ1) is 8.15. The molecule has 0 spiro atoms. The smallest absolute Gasteiger partial charge is 0.119 e. The Bertz CT molecular complexity index is 544. The SMILES string of the molecule is C=C(C)CCOc1ccc2ccc(O)cc2c1. The molecule has 2 aromatic carbocycles. The third-order valence-corrected chi connectivity index (χ3v) is 2.59. The molecule has 17 heavy (non-hydrogen) atoms. The Morgan fingerprint density at radius 2 is 1.94 bits per heavy atom. The summed E-state index contributed by atoms with van der Waals surface area (Å²) in [7, 11) is 0. The van der Waals surface area contributed by atoms with Crippen LogP contribution in [-0.4, -0.2) is 11.7 Å². The number of benzene rings is 2. The largest absolute Gasteiger partial charge is 0.508 e. The van der Waals surface area contributed by atoms with Crippen LogP contribution in [0.15, 0.2) is 48.6 Å². The number of ether oxygens (including phenoxy) is 1. The molecule has 2 aromatic rings. The van der Waals surface area contributed by atoms with Crippen LogP contribution >= 0.6 is 0 Å². The first-order valence-electron chi connectivity index (χ1n) is 5.65. The number of hydrogen-bond donors (Lipinski definition) is 1. The first kappa shape index (κ1) is 11.5. The summed E-state index contributed by atoms with van der Waals surface area (Å²) in [5.41, 5.74) is 1.11. The van der Waals surface area contributed by atoms with Crippen LogP contribution in [0.2, 0.25) is 0 Å². The molecule has 0 aliphatic rings. The van der Waals surface area contributed by atoms with Crippen molar-refractivity contribution >= 4 is 10.8 Å². The summed E-state index contributed by atoms with van der Waals surface area (Å²) in [5, 5.41) is 11.5. The fourth-order valence-corrected chi connectivity index (χ4v) is 1.65. The van der Waals surface area contributed by atoms with E-state index >= 15 is 0 Å². The standard InChI is InChI=1S/C15H16O2/c1-11(2)7-8-17-15-6-4-12-3-5-14(16)9-13(12)10-15/h3-6,9-10,16H,1,7-8H2,2H3. The van der Waals surface area contributed by atoms with E-state index in [1.54, 1.807) is 12.1 Å². The van der Waals surface area contributed by atoms with Crippen molar-refractivity contribution in [3.05, 3.63) is 48.6 Å². The molecule has 0 fully saturated rings. The summed E-state index contributed by atoms with van der Waals surface area (Å²) in [6.07, 6.45) is 0.859. The molecule has 0 aliphatic heterocycles. The van der Waals surface area contributed by atoms with Gasteiger partial charge in [0.2, 0.25) is 0 Å². The maximum Gasteiger partial charge on any atom is 0.119 e. The quantitative estimate of drug-likeness (QED) is 0.804. The molecule has 0 atom stereocenters. The Balaban J connectivity index is 2.16. The average Bonchev–Trinajstić information content (AvgIpc) is 2.28. The highest BCUT2D eigenvalue weighted by atomic mass is 16.5. The Labute approximate surface area is 101 Å². The van der Waals surface area contributed by atoms with Gasteiger partial charge in [-0.15, -0.1) is 6.58 Å². The van der Waals surface area contributed by atoms with Crippen molar-refractivity contribution in [1.29, 1.82) is 0 Å². The fraction of sp³-hybridized carbons (Fsp3) is 0.200. The zero-order valence-corrected chi connectivity index (χ0v) is 9.94. The van der Waals surface area contributed by atoms with E-state index in [0.717, 1.165) is 28.5 Å². The number of aromatic hydroxyl groups is 1. The number of phenolic OH excluding ortho intramolecular Hbond substituents is 1. The molecular weight excluding hydrogens is 212 g/mol. The molecule has 0 saturated heterocycles. The van der Waals surface area contributed by atoms with Crippen LogP contribution < -0.4 is 4.74 Å². The van der Waals surface area contributed by atoms with Gasteiger partial charge in [-0.1, -0.05) is 17.7 Å². The van der Waals surface area contributed by atoms with Gasteiger partial charge in [-0.25, -0.2) is 0 Å². The predicted octanol–water partition coefficient (Wildman–Crippen LogP) is 3.89. The molecule has 2 rings (SSSR count). The van der Waals surface area contributed by atoms with Crippen LogP contribution in [-0.2, 0) is 0 Å². The Hall–Kier alpha value is -1.96. The lowest BCUT2D eigenvalue weighted by atomic mass is 10.1. The Morgan fingerprint density at radius 3 is 2.71 bits per heavy atom. The molecule has 0 aliphatic carbocycles. The third-order valence-electron chi connectivity index (χ3n) is 2.59. The van der Waals surface area contributed by atoms with Crippen molar-refractivity contribution in [2.75, 3.05) is 6.61 Å². The van der Waals surface area contributed by atoms with Gasteiger partial charge in [0, 0.05) is 6.42 Å². The van der Waals surface area contributed by atoms with Gasteiger partial charge in [-0.05, 0) is 42.0 Å². The van der Waals surface area contributed by atoms with Gasteiger partial charge in [0.25, 0.3) is 0 Å². The van der Waals surface area contributed by atoms with Crippen LogP contribution in [0.3, 0.4) is 0 Å². The van der Waals surface area contributed by atoms with Gasteiger partial charge in [0.15, 0.2) is 0 Å². The summed E-state index contributed by atoms with van der Waals surface area (Å²) in [6.45, 7) is 6.46. The van der Waals surface area contributed by atoms with E-state index in [0.29, 0.717) is 6.61 Å². The van der Waals surface area contributed by atoms with E-state index < -0.39 is 0 Å². The topological polar surface area (TPSA) is 29.5 Å². The minimum Gasteiger partial charge on any atom is -0.508 e. The van der Waals surface area contributed by atoms with E-state index in [1.165, 1.54) is 0 Å². The molecule has 0 radical (unpaired) electrons. The lowest BCUT2D eigenvalue weighted by molar-refractivity contribution is 0.322. The van der Waals surface area contributed by atoms with Gasteiger partial charge >= 0.3 is 0 Å². The summed E-state index contributed by atoms with van der Waals surface area (Å²) in [5.74, 6) is 1.10. The van der Waals surface area contributed by atoms with Crippen LogP contribution in [0.4, 0.5) is 0 Å². The first-order valence-corrected chi connectivity index (χ1v) is 5.65. The van der Waals surface area contributed by atoms with Gasteiger partial charge in [0.05, 0.1) is 6.61 Å². The maximum absolute atomic E-state index is 9.42. The second-order valence-electron chi connectivity index (χ2n) is 4.25. The van der Waals surface area contributed by atoms with Crippen LogP contribution in [0, 0.1) is 0 Å². The number of phenols is 1. The van der Waals surface area contributed by atoms with Crippen molar-refractivity contribution in [3.8, 4) is 11.5 Å². The zero-order valence-electron chi connectivity index (χ0n) is 9.94. The van der Waals surface area contributed by atoms with E-state index in [4.69, 9.17) is 4.74 Å². The van der Waals surface area contributed by atoms with E-state index in [-0.39, 0.29) is 5.75 Å². The summed E-state index contributed by atoms with van der Waals surface area (Å²) in [4.78, 5) is 0. The molecule has 0 heterocycles. The number of hydrogen-bond acceptors (Lipinski definition) is 2.